The van der Waals surface area contributed by atoms with Gasteiger partial charge in [-0.15, -0.1) is 0 Å². The Labute approximate surface area is 787 Å². The Morgan fingerprint density at radius 2 is 0.638 bits per heavy atom. The van der Waals surface area contributed by atoms with E-state index in [1.165, 1.54) is 170 Å². The molecule has 5 aliphatic heterocycles. The Morgan fingerprint density at radius 3 is 1.14 bits per heavy atom. The van der Waals surface area contributed by atoms with Crippen molar-refractivity contribution in [1.82, 2.24) is 0 Å². The van der Waals surface area contributed by atoms with E-state index in [4.69, 9.17) is 12.3 Å². The average molecular weight is 1710 g/mol. The molecule has 10 nitrogen and oxygen atoms in total. The molecule has 0 saturated heterocycles. The molecule has 0 amide bonds. The number of allylic oxidation sites excluding steroid dienone is 5. The quantitative estimate of drug-likeness (QED) is 0.112. The van der Waals surface area contributed by atoms with E-state index in [1.807, 2.05) is 126 Å². The number of benzene rings is 10. The highest BCUT2D eigenvalue weighted by Gasteiger charge is 2.44. The van der Waals surface area contributed by atoms with Gasteiger partial charge in [-0.3, -0.25) is 24.1 Å². The fraction of sp³-hybridized carbons (Fsp3) is 0.261. The molecular weight excluding hydrogens is 1580 g/mol. The first-order chi connectivity index (χ1) is 66.6. The first kappa shape index (κ1) is 77.2. The van der Waals surface area contributed by atoms with Gasteiger partial charge in [-0.2, -0.15) is 0 Å². The van der Waals surface area contributed by atoms with Crippen molar-refractivity contribution in [2.24, 2.45) is 41.2 Å². The summed E-state index contributed by atoms with van der Waals surface area (Å²) in [6.07, 6.45) is 23.7. The number of aryl methyl sites for hydroxylation is 8. The molecular formula is C115H126B5N10+5. The normalized spacial score (nSPS) is 16.7. The number of nitrogens with zero attached hydrogens (tertiary/aromatic N) is 10. The van der Waals surface area contributed by atoms with Gasteiger partial charge in [-0.1, -0.05) is 273 Å². The van der Waals surface area contributed by atoms with E-state index in [1.54, 1.807) is 0 Å². The van der Waals surface area contributed by atoms with Crippen LogP contribution in [0.25, 0.3) is 84.9 Å². The third-order valence-electron chi connectivity index (χ3n) is 29.2. The molecule has 0 spiro atoms. The van der Waals surface area contributed by atoms with Crippen LogP contribution in [0, 0.1) is 26.7 Å². The van der Waals surface area contributed by atoms with E-state index >= 15 is 0 Å². The van der Waals surface area contributed by atoms with Gasteiger partial charge in [0.15, 0.2) is 0 Å². The van der Waals surface area contributed by atoms with Crippen LogP contribution < -0.4 is 46.9 Å². The largest absolute Gasteiger partial charge is 0.405 e. The topological polar surface area (TPSA) is 35.6 Å². The highest BCUT2D eigenvalue weighted by molar-refractivity contribution is 6.74. The molecule has 7 aliphatic rings. The Hall–Kier alpha value is -12.7. The van der Waals surface area contributed by atoms with Gasteiger partial charge in [0.05, 0.1) is 35.2 Å². The SMILES string of the molecule is CB1C(C)=Cc2ccccc2N1c1cc(C2CCCC2)c2ccccc2[n+]1C.CB1C(C)=Cc2ccccc2N1c1cc(CC2CCCCC2)c2ccccc2[n+]1C.[2H]C([2H])([2H])C1=Cc2ccccc2N(c2cc(C)c3c(C)cccc3[n+]2C)B1C.[2H]C([2H])([2H])C1=Cc2ccccc2N(c2ccc3c(C)cccc3[n+]2C)B1C.[2H]C([2H])([2H])C1=Cc2ccccc2N(c2ccc3ccccc3[n+]2C)B1C. The van der Waals surface area contributed by atoms with Gasteiger partial charge >= 0.3 is 34.2 Å². The fourth-order valence-electron chi connectivity index (χ4n) is 21.6. The standard InChI is InChI=1S/C27H32BN2.C25H28BN2.C22H24BN2.C21H22BN2.C20H20BN2/c1-20-17-22-13-7-9-15-25(22)30(28(20)2)27-19-23(18-21-11-5-4-6-12-21)24-14-8-10-16-26(24)29(27)3;1-18-16-20-12-6-8-14-23(20)28(26(18)2)25-17-22(19-10-4-5-11-19)21-13-7-9-15-24(21)27(25)3;1-15-9-8-12-20-22(15)16(2)13-21(24(20)5)25-19-11-7-6-10-18(19)14-17(3)23(25)4;1-15-8-7-11-20-18(15)12-13-21(23(20)4)24-19-10-6-5-9-17(19)14-16(2)22(24)3;1-15-14-17-9-5-7-11-19(17)23(21(15)2)20-13-12-16-8-4-6-10-18(16)22(20)3/h7-10,13-17,19,21H,4-6,11-12,18H2,1-3H3;6-9,12-17,19H,4-5,10-11H2,1-3H3;6-14H,1-5H3;5-14H,1-4H3;4-14H,1-3H3/q5*+1/i;;3D3;2D3;1D3. The molecule has 15 aromatic rings. The van der Waals surface area contributed by atoms with Crippen molar-refractivity contribution in [2.75, 3.05) is 24.1 Å². The maximum atomic E-state index is 8.04. The van der Waals surface area contributed by atoms with E-state index < -0.39 is 20.6 Å². The fourth-order valence-corrected chi connectivity index (χ4v) is 21.6. The van der Waals surface area contributed by atoms with Crippen molar-refractivity contribution in [3.8, 4) is 0 Å². The lowest BCUT2D eigenvalue weighted by Crippen LogP contribution is -2.45. The zero-order chi connectivity index (χ0) is 97.9. The van der Waals surface area contributed by atoms with Crippen molar-refractivity contribution in [3.63, 3.8) is 0 Å². The van der Waals surface area contributed by atoms with E-state index in [0.29, 0.717) is 36.0 Å². The summed E-state index contributed by atoms with van der Waals surface area (Å²) in [6, 6.07) is 95.8. The van der Waals surface area contributed by atoms with Gasteiger partial charge in [0.2, 0.25) is 0 Å². The molecule has 0 radical (unpaired) electrons. The van der Waals surface area contributed by atoms with Crippen LogP contribution in [-0.4, -0.2) is 34.2 Å². The zero-order valence-electron chi connectivity index (χ0n) is 87.5. The van der Waals surface area contributed by atoms with Crippen LogP contribution in [0.4, 0.5) is 57.5 Å². The summed E-state index contributed by atoms with van der Waals surface area (Å²) in [5, 5.41) is 6.44. The van der Waals surface area contributed by atoms with Crippen LogP contribution in [0.2, 0.25) is 34.1 Å². The van der Waals surface area contributed by atoms with Crippen molar-refractivity contribution in [2.45, 2.75) is 159 Å². The summed E-state index contributed by atoms with van der Waals surface area (Å²) in [4.78, 5) is 11.5. The van der Waals surface area contributed by atoms with E-state index in [2.05, 4.69) is 329 Å². The lowest BCUT2D eigenvalue weighted by Gasteiger charge is -2.30. The average Bonchev–Trinajstić information content (AvgIpc) is 1.59. The first-order valence-corrected chi connectivity index (χ1v) is 47.1. The lowest BCUT2D eigenvalue weighted by atomic mass is 9.54. The van der Waals surface area contributed by atoms with Crippen molar-refractivity contribution >= 4 is 177 Å². The van der Waals surface area contributed by atoms with Gasteiger partial charge in [0, 0.05) is 97.4 Å². The number of pyridine rings is 5. The summed E-state index contributed by atoms with van der Waals surface area (Å²) >= 11 is 0. The van der Waals surface area contributed by atoms with Gasteiger partial charge in [-0.05, 0) is 221 Å². The minimum Gasteiger partial charge on any atom is -0.287 e. The Morgan fingerprint density at radius 1 is 0.292 bits per heavy atom. The molecule has 0 unspecified atom stereocenters. The van der Waals surface area contributed by atoms with Crippen LogP contribution in [0.15, 0.2) is 300 Å². The highest BCUT2D eigenvalue weighted by Crippen LogP contribution is 2.46. The highest BCUT2D eigenvalue weighted by atomic mass is 15.2. The molecule has 0 bridgehead atoms. The van der Waals surface area contributed by atoms with Crippen molar-refractivity contribution < 1.29 is 35.2 Å². The van der Waals surface area contributed by atoms with Crippen LogP contribution in [0.3, 0.4) is 0 Å². The molecule has 10 aromatic carbocycles. The third-order valence-corrected chi connectivity index (χ3v) is 29.2. The van der Waals surface area contributed by atoms with E-state index in [9.17, 15) is 0 Å². The summed E-state index contributed by atoms with van der Waals surface area (Å²) in [5.41, 5.74) is 28.1. The molecule has 646 valence electrons. The third kappa shape index (κ3) is 16.7. The molecule has 5 aromatic heterocycles. The maximum absolute atomic E-state index is 8.04. The summed E-state index contributed by atoms with van der Waals surface area (Å²) in [7, 11) is 10.6. The minimum absolute atomic E-state index is 0.259. The smallest absolute Gasteiger partial charge is 0.287 e. The van der Waals surface area contributed by atoms with Gasteiger partial charge < -0.3 is 0 Å². The predicted octanol–water partition coefficient (Wildman–Crippen LogP) is 26.6. The van der Waals surface area contributed by atoms with Gasteiger partial charge in [0.1, 0.15) is 56.0 Å². The second-order valence-electron chi connectivity index (χ2n) is 37.2. The first-order valence-electron chi connectivity index (χ1n) is 51.6. The Bertz CT molecular complexity index is 7440. The molecule has 2 fully saturated rings. The molecule has 22 rings (SSSR count). The molecule has 2 aliphatic carbocycles. The zero-order valence-corrected chi connectivity index (χ0v) is 78.5. The van der Waals surface area contributed by atoms with Crippen LogP contribution in [-0.2, 0) is 41.7 Å². The van der Waals surface area contributed by atoms with Gasteiger partial charge in [0.25, 0.3) is 29.1 Å². The molecule has 0 N–H and O–H groups in total. The molecule has 130 heavy (non-hydrogen) atoms. The molecule has 0 atom stereocenters. The summed E-state index contributed by atoms with van der Waals surface area (Å²) in [5.74, 6) is 7.05. The number of rotatable bonds is 8. The number of para-hydroxylation sites is 8. The predicted molar refractivity (Wildman–Crippen MR) is 561 cm³/mol. The summed E-state index contributed by atoms with van der Waals surface area (Å²) < 4.78 is 83.2. The van der Waals surface area contributed by atoms with E-state index in [-0.39, 0.29) is 20.5 Å². The van der Waals surface area contributed by atoms with Crippen molar-refractivity contribution in [3.05, 3.63) is 356 Å². The number of hydrogen-bond donors (Lipinski definition) is 0. The Kier molecular flexibility index (Phi) is 22.2. The second-order valence-corrected chi connectivity index (χ2v) is 37.2. The van der Waals surface area contributed by atoms with Crippen LogP contribution in [0.5, 0.6) is 0 Å². The number of hydrogen-bond acceptors (Lipinski definition) is 5. The number of fused-ring (bicyclic) bond motifs is 10. The second kappa shape index (κ2) is 37.4. The number of aromatic nitrogens is 5. The maximum Gasteiger partial charge on any atom is 0.405 e. The molecule has 15 heteroatoms. The number of anilines is 10. The minimum atomic E-state index is -2.13. The summed E-state index contributed by atoms with van der Waals surface area (Å²) in [6.45, 7) is 15.0. The van der Waals surface area contributed by atoms with E-state index in [0.717, 1.165) is 79.1 Å². The van der Waals surface area contributed by atoms with Crippen LogP contribution in [0.1, 0.15) is 166 Å². The van der Waals surface area contributed by atoms with Crippen molar-refractivity contribution in [1.29, 1.82) is 0 Å². The van der Waals surface area contributed by atoms with Gasteiger partial charge in [-0.25, -0.2) is 22.8 Å². The Balaban J connectivity index is 0.000000115. The lowest BCUT2D eigenvalue weighted by molar-refractivity contribution is -0.631. The molecule has 10 heterocycles. The monoisotopic (exact) mass is 1710 g/mol. The van der Waals surface area contributed by atoms with Crippen LogP contribution >= 0.6 is 0 Å². The molecule has 2 saturated carbocycles.